The molecule has 38 heavy (non-hydrogen) atoms. The Labute approximate surface area is 220 Å². The van der Waals surface area contributed by atoms with Gasteiger partial charge in [0, 0.05) is 35.2 Å². The summed E-state index contributed by atoms with van der Waals surface area (Å²) in [6.45, 7) is 1.89. The summed E-state index contributed by atoms with van der Waals surface area (Å²) < 4.78 is 6.68. The third kappa shape index (κ3) is 2.82. The Bertz CT molecular complexity index is 1510. The fourth-order valence-corrected chi connectivity index (χ4v) is 8.34. The highest BCUT2D eigenvalue weighted by Crippen LogP contribution is 2.64. The molecule has 0 radical (unpaired) electrons. The molecule has 1 spiro atoms. The van der Waals surface area contributed by atoms with E-state index >= 15 is 0 Å². The maximum absolute atomic E-state index is 13.6. The van der Waals surface area contributed by atoms with Crippen LogP contribution in [0.25, 0.3) is 10.9 Å². The number of amides is 2. The molecule has 3 aliphatic carbocycles. The van der Waals surface area contributed by atoms with Crippen LogP contribution < -0.4 is 15.8 Å². The Morgan fingerprint density at radius 3 is 2.79 bits per heavy atom. The number of rotatable bonds is 5. The van der Waals surface area contributed by atoms with E-state index < -0.39 is 23.0 Å². The van der Waals surface area contributed by atoms with Gasteiger partial charge in [-0.1, -0.05) is 24.3 Å². The van der Waals surface area contributed by atoms with Crippen molar-refractivity contribution in [2.45, 2.75) is 67.7 Å². The first-order valence-electron chi connectivity index (χ1n) is 13.9. The number of carbonyl (C=O) groups excluding carboxylic acids is 2. The lowest BCUT2D eigenvalue weighted by molar-refractivity contribution is -0.191. The summed E-state index contributed by atoms with van der Waals surface area (Å²) in [6, 6.07) is 11.2. The van der Waals surface area contributed by atoms with Gasteiger partial charge >= 0.3 is 0 Å². The van der Waals surface area contributed by atoms with Crippen molar-refractivity contribution in [3.63, 3.8) is 0 Å². The normalized spacial score (nSPS) is 33.0. The van der Waals surface area contributed by atoms with Crippen LogP contribution in [0.4, 0.5) is 0 Å². The van der Waals surface area contributed by atoms with Crippen molar-refractivity contribution in [1.29, 1.82) is 0 Å². The molecule has 5 atom stereocenters. The number of hydrogen-bond acceptors (Lipinski definition) is 5. The second-order valence-corrected chi connectivity index (χ2v) is 12.0. The number of likely N-dealkylation sites (tertiary alicyclic amines) is 1. The number of nitrogens with two attached hydrogens (primary N) is 1. The Morgan fingerprint density at radius 2 is 1.97 bits per heavy atom. The standard InChI is InChI=1S/C30H32N4O4/c31-27(35)19-8-7-17-13-23-30(37)10-9-22(33-28(36)20-14-32-21-4-2-1-3-18(20)21)26-29(30,24(17)25(19)38-26)11-12-34(23)15-16-5-6-16/h1-4,7-8,14,16,22-23,26,32,37H,5-6,9-13,15H2,(H2,31,35)(H,33,36)/t22-,23-,26+,29+,30-/m1/s1. The fourth-order valence-electron chi connectivity index (χ4n) is 8.34. The average Bonchev–Trinajstić information content (AvgIpc) is 3.49. The van der Waals surface area contributed by atoms with Crippen LogP contribution in [0.5, 0.6) is 5.75 Å². The molecule has 3 fully saturated rings. The molecule has 5 N–H and O–H groups in total. The zero-order chi connectivity index (χ0) is 25.8. The monoisotopic (exact) mass is 512 g/mol. The number of primary amides is 1. The second kappa shape index (κ2) is 7.61. The van der Waals surface area contributed by atoms with Gasteiger partial charge in [-0.25, -0.2) is 0 Å². The molecule has 1 saturated heterocycles. The van der Waals surface area contributed by atoms with Gasteiger partial charge in [-0.15, -0.1) is 0 Å². The number of carbonyl (C=O) groups is 2. The van der Waals surface area contributed by atoms with Crippen LogP contribution in [0.15, 0.2) is 42.6 Å². The van der Waals surface area contributed by atoms with E-state index in [0.717, 1.165) is 53.9 Å². The summed E-state index contributed by atoms with van der Waals surface area (Å²) in [5.74, 6) is 0.543. The highest BCUT2D eigenvalue weighted by molar-refractivity contribution is 6.06. The Hall–Kier alpha value is -3.36. The summed E-state index contributed by atoms with van der Waals surface area (Å²) in [7, 11) is 0. The summed E-state index contributed by atoms with van der Waals surface area (Å²) in [5, 5.41) is 16.8. The molecule has 2 bridgehead atoms. The molecule has 3 heterocycles. The molecule has 8 rings (SSSR count). The number of nitrogens with one attached hydrogen (secondary N) is 2. The lowest BCUT2D eigenvalue weighted by Crippen LogP contribution is -2.78. The fraction of sp³-hybridized carbons (Fsp3) is 0.467. The predicted molar refractivity (Wildman–Crippen MR) is 141 cm³/mol. The van der Waals surface area contributed by atoms with Gasteiger partial charge in [-0.3, -0.25) is 14.5 Å². The minimum atomic E-state index is -0.999. The zero-order valence-corrected chi connectivity index (χ0v) is 21.2. The summed E-state index contributed by atoms with van der Waals surface area (Å²) >= 11 is 0. The number of aromatic nitrogens is 1. The molecule has 2 aromatic carbocycles. The van der Waals surface area contributed by atoms with Gasteiger partial charge in [0.15, 0.2) is 0 Å². The third-order valence-electron chi connectivity index (χ3n) is 10.2. The van der Waals surface area contributed by atoms with Gasteiger partial charge in [0.1, 0.15) is 11.9 Å². The number of aromatic amines is 1. The maximum atomic E-state index is 13.6. The molecule has 1 aromatic heterocycles. The smallest absolute Gasteiger partial charge is 0.253 e. The van der Waals surface area contributed by atoms with Crippen molar-refractivity contribution in [2.75, 3.05) is 13.1 Å². The van der Waals surface area contributed by atoms with Crippen molar-refractivity contribution >= 4 is 22.7 Å². The highest BCUT2D eigenvalue weighted by Gasteiger charge is 2.73. The molecule has 2 amide bonds. The van der Waals surface area contributed by atoms with Crippen LogP contribution in [-0.4, -0.2) is 63.7 Å². The minimum Gasteiger partial charge on any atom is -0.486 e. The van der Waals surface area contributed by atoms with Crippen LogP contribution >= 0.6 is 0 Å². The zero-order valence-electron chi connectivity index (χ0n) is 21.2. The Kier molecular flexibility index (Phi) is 4.53. The average molecular weight is 513 g/mol. The first-order valence-corrected chi connectivity index (χ1v) is 13.9. The SMILES string of the molecule is NC(=O)c1ccc2c3c1O[C@H]1[C@H](NC(=O)c4c[nH]c5ccccc45)CC[C@@]4(O)[C@@H](C2)N(CC2CC2)CC[C@]314. The maximum Gasteiger partial charge on any atom is 0.253 e. The number of aliphatic hydroxyl groups is 1. The molecule has 0 unspecified atom stereocenters. The molecule has 8 nitrogen and oxygen atoms in total. The number of nitrogens with zero attached hydrogens (tertiary/aromatic N) is 1. The Balaban J connectivity index is 1.22. The number of para-hydroxylation sites is 1. The molecule has 2 saturated carbocycles. The predicted octanol–water partition coefficient (Wildman–Crippen LogP) is 2.63. The number of fused-ring (bicyclic) bond motifs is 1. The van der Waals surface area contributed by atoms with E-state index in [9.17, 15) is 14.7 Å². The van der Waals surface area contributed by atoms with Gasteiger partial charge in [-0.2, -0.15) is 0 Å². The number of H-pyrrole nitrogens is 1. The van der Waals surface area contributed by atoms with Gasteiger partial charge < -0.3 is 25.9 Å². The van der Waals surface area contributed by atoms with Gasteiger partial charge in [0.25, 0.3) is 11.8 Å². The molecule has 5 aliphatic rings. The third-order valence-corrected chi connectivity index (χ3v) is 10.2. The van der Waals surface area contributed by atoms with Crippen LogP contribution in [-0.2, 0) is 11.8 Å². The quantitative estimate of drug-likeness (QED) is 0.419. The van der Waals surface area contributed by atoms with E-state index in [4.69, 9.17) is 10.5 Å². The van der Waals surface area contributed by atoms with E-state index in [0.29, 0.717) is 29.7 Å². The molecule has 2 aliphatic heterocycles. The van der Waals surface area contributed by atoms with E-state index in [-0.39, 0.29) is 18.0 Å². The summed E-state index contributed by atoms with van der Waals surface area (Å²) in [5.41, 5.74) is 8.04. The topological polar surface area (TPSA) is 121 Å². The molecule has 3 aromatic rings. The van der Waals surface area contributed by atoms with Crippen LogP contribution in [0, 0.1) is 5.92 Å². The van der Waals surface area contributed by atoms with Crippen molar-refractivity contribution in [1.82, 2.24) is 15.2 Å². The summed E-state index contributed by atoms with van der Waals surface area (Å²) in [6.07, 6.45) is 6.42. The number of ether oxygens (including phenoxy) is 1. The van der Waals surface area contributed by atoms with E-state index in [2.05, 4.69) is 15.2 Å². The lowest BCUT2D eigenvalue weighted by Gasteiger charge is -2.64. The lowest BCUT2D eigenvalue weighted by atomic mass is 9.48. The second-order valence-electron chi connectivity index (χ2n) is 12.0. The molecule has 196 valence electrons. The first-order chi connectivity index (χ1) is 18.4. The molecule has 8 heteroatoms. The van der Waals surface area contributed by atoms with Gasteiger partial charge in [-0.05, 0) is 68.7 Å². The van der Waals surface area contributed by atoms with Crippen molar-refractivity contribution in [3.8, 4) is 5.75 Å². The number of hydrogen-bond donors (Lipinski definition) is 4. The van der Waals surface area contributed by atoms with Crippen molar-refractivity contribution in [3.05, 3.63) is 64.8 Å². The van der Waals surface area contributed by atoms with Gasteiger partial charge in [0.05, 0.1) is 28.2 Å². The van der Waals surface area contributed by atoms with Crippen molar-refractivity contribution < 1.29 is 19.4 Å². The number of benzene rings is 2. The van der Waals surface area contributed by atoms with Crippen molar-refractivity contribution in [2.24, 2.45) is 11.7 Å². The van der Waals surface area contributed by atoms with Crippen LogP contribution in [0.3, 0.4) is 0 Å². The van der Waals surface area contributed by atoms with E-state index in [1.54, 1.807) is 12.3 Å². The van der Waals surface area contributed by atoms with Crippen LogP contribution in [0.2, 0.25) is 0 Å². The molecular formula is C30H32N4O4. The minimum absolute atomic E-state index is 0.00824. The highest BCUT2D eigenvalue weighted by atomic mass is 16.5. The number of piperidine rings is 1. The first kappa shape index (κ1) is 22.6. The van der Waals surface area contributed by atoms with Gasteiger partial charge in [0.2, 0.25) is 0 Å². The molecular weight excluding hydrogens is 480 g/mol. The van der Waals surface area contributed by atoms with E-state index in [1.165, 1.54) is 12.8 Å². The van der Waals surface area contributed by atoms with Crippen LogP contribution in [0.1, 0.15) is 63.9 Å². The summed E-state index contributed by atoms with van der Waals surface area (Å²) in [4.78, 5) is 31.7. The Morgan fingerprint density at radius 1 is 1.13 bits per heavy atom. The largest absolute Gasteiger partial charge is 0.486 e. The van der Waals surface area contributed by atoms with E-state index in [1.807, 2.05) is 30.3 Å².